The van der Waals surface area contributed by atoms with Crippen LogP contribution < -0.4 is 19.6 Å². The number of aryl methyl sites for hydroxylation is 3. The molecule has 0 atom stereocenters. The van der Waals surface area contributed by atoms with Gasteiger partial charge in [-0.3, -0.25) is 0 Å². The molecule has 0 saturated heterocycles. The van der Waals surface area contributed by atoms with E-state index < -0.39 is 0 Å². The number of benzene rings is 4. The van der Waals surface area contributed by atoms with Crippen LogP contribution >= 0.6 is 0 Å². The Bertz CT molecular complexity index is 1410. The molecule has 4 aromatic carbocycles. The molecule has 34 heavy (non-hydrogen) atoms. The number of rotatable bonds is 2. The Morgan fingerprint density at radius 1 is 0.676 bits per heavy atom. The van der Waals surface area contributed by atoms with Crippen molar-refractivity contribution in [1.82, 2.24) is 0 Å². The maximum Gasteiger partial charge on any atom is 0.0379 e. The van der Waals surface area contributed by atoms with E-state index in [1.165, 1.54) is 50.2 Å². The van der Waals surface area contributed by atoms with E-state index in [1.54, 1.807) is 0 Å². The molecular formula is C29H27N4Os-3. The van der Waals surface area contributed by atoms with Crippen molar-refractivity contribution < 1.29 is 19.8 Å². The van der Waals surface area contributed by atoms with Crippen LogP contribution in [0.2, 0.25) is 0 Å². The van der Waals surface area contributed by atoms with E-state index in [0.717, 1.165) is 11.4 Å². The van der Waals surface area contributed by atoms with E-state index in [9.17, 15) is 0 Å². The van der Waals surface area contributed by atoms with Gasteiger partial charge >= 0.3 is 0 Å². The zero-order valence-electron chi connectivity index (χ0n) is 20.1. The molecule has 0 saturated carbocycles. The molecule has 0 aromatic heterocycles. The van der Waals surface area contributed by atoms with Gasteiger partial charge in [0.2, 0.25) is 0 Å². The average molecular weight is 622 g/mol. The fourth-order valence-corrected chi connectivity index (χ4v) is 4.98. The molecule has 4 aromatic rings. The largest absolute Gasteiger partial charge is 0.504 e. The topological polar surface area (TPSA) is 13.0 Å². The number of anilines is 6. The summed E-state index contributed by atoms with van der Waals surface area (Å²) in [6.07, 6.45) is 0. The third-order valence-corrected chi connectivity index (χ3v) is 6.80. The van der Waals surface area contributed by atoms with Gasteiger partial charge in [-0.15, -0.1) is 29.6 Å². The van der Waals surface area contributed by atoms with Gasteiger partial charge in [-0.25, -0.2) is 0 Å². The minimum absolute atomic E-state index is 0. The van der Waals surface area contributed by atoms with Crippen LogP contribution in [0.15, 0.2) is 60.7 Å². The van der Waals surface area contributed by atoms with Gasteiger partial charge in [-0.1, -0.05) is 37.3 Å². The van der Waals surface area contributed by atoms with Crippen molar-refractivity contribution in [2.24, 2.45) is 0 Å². The van der Waals surface area contributed by atoms with E-state index in [0.29, 0.717) is 0 Å². The first-order valence-electron chi connectivity index (χ1n) is 11.3. The molecule has 0 spiro atoms. The summed E-state index contributed by atoms with van der Waals surface area (Å²) >= 11 is 0. The SMILES string of the molecule is Cc1cc(N2[CH-]N(C)c3cc(C)c(C)cc32)[c-]c(N2[CH-]N(C)c3c2ccc2ccccc32)c1.[Os]. The summed E-state index contributed by atoms with van der Waals surface area (Å²) in [4.78, 5) is 8.90. The molecule has 0 radical (unpaired) electrons. The van der Waals surface area contributed by atoms with Crippen molar-refractivity contribution in [2.75, 3.05) is 33.7 Å². The van der Waals surface area contributed by atoms with Crippen LogP contribution in [-0.2, 0) is 19.8 Å². The molecule has 2 aliphatic rings. The van der Waals surface area contributed by atoms with Crippen LogP contribution in [0.5, 0.6) is 0 Å². The van der Waals surface area contributed by atoms with Gasteiger partial charge in [-0.2, -0.15) is 18.9 Å². The Hall–Kier alpha value is -3.02. The van der Waals surface area contributed by atoms with Crippen LogP contribution in [0.25, 0.3) is 10.8 Å². The van der Waals surface area contributed by atoms with E-state index in [4.69, 9.17) is 0 Å². The van der Waals surface area contributed by atoms with Crippen LogP contribution in [0.3, 0.4) is 0 Å². The van der Waals surface area contributed by atoms with E-state index in [2.05, 4.69) is 135 Å². The molecule has 5 heteroatoms. The van der Waals surface area contributed by atoms with Crippen LogP contribution in [0.1, 0.15) is 16.7 Å². The van der Waals surface area contributed by atoms with Gasteiger partial charge in [0, 0.05) is 47.9 Å². The predicted octanol–water partition coefficient (Wildman–Crippen LogP) is 6.98. The third kappa shape index (κ3) is 3.46. The van der Waals surface area contributed by atoms with E-state index >= 15 is 0 Å². The van der Waals surface area contributed by atoms with Crippen LogP contribution in [-0.4, -0.2) is 14.1 Å². The fourth-order valence-electron chi connectivity index (χ4n) is 4.98. The van der Waals surface area contributed by atoms with Gasteiger partial charge in [-0.05, 0) is 62.7 Å². The van der Waals surface area contributed by atoms with Crippen molar-refractivity contribution in [2.45, 2.75) is 20.8 Å². The smallest absolute Gasteiger partial charge is 0.0379 e. The van der Waals surface area contributed by atoms with Crippen molar-refractivity contribution in [3.8, 4) is 0 Å². The molecule has 0 bridgehead atoms. The van der Waals surface area contributed by atoms with Gasteiger partial charge in [0.05, 0.1) is 0 Å². The maximum atomic E-state index is 3.71. The van der Waals surface area contributed by atoms with Gasteiger partial charge in [0.1, 0.15) is 0 Å². The molecule has 174 valence electrons. The van der Waals surface area contributed by atoms with Crippen molar-refractivity contribution in [3.63, 3.8) is 0 Å². The van der Waals surface area contributed by atoms with Gasteiger partial charge < -0.3 is 19.6 Å². The fraction of sp³-hybridized carbons (Fsp3) is 0.172. The molecule has 6 rings (SSSR count). The first-order chi connectivity index (χ1) is 15.9. The molecule has 0 amide bonds. The molecule has 4 nitrogen and oxygen atoms in total. The standard InChI is InChI=1S/C29H27N4.Os/c1-19-12-23(32-18-31(5)29-25-9-7-6-8-22(25)10-11-26(29)32)16-24(13-19)33-17-30(4)27-14-20(2)21(3)15-28(27)33;/h6-15,17-18H,1-5H3;/q-3;. The normalized spacial score (nSPS) is 14.5. The Kier molecular flexibility index (Phi) is 5.57. The zero-order chi connectivity index (χ0) is 22.9. The molecule has 0 fully saturated rings. The van der Waals surface area contributed by atoms with E-state index in [-0.39, 0.29) is 19.8 Å². The Morgan fingerprint density at radius 2 is 1.29 bits per heavy atom. The summed E-state index contributed by atoms with van der Waals surface area (Å²) < 4.78 is 0. The number of fused-ring (bicyclic) bond motifs is 4. The predicted molar refractivity (Wildman–Crippen MR) is 140 cm³/mol. The second-order valence-electron chi connectivity index (χ2n) is 9.20. The van der Waals surface area contributed by atoms with Crippen molar-refractivity contribution >= 4 is 44.9 Å². The number of hydrogen-bond acceptors (Lipinski definition) is 4. The summed E-state index contributed by atoms with van der Waals surface area (Å²) in [6, 6.07) is 25.7. The molecule has 0 aliphatic carbocycles. The summed E-state index contributed by atoms with van der Waals surface area (Å²) in [6.45, 7) is 10.8. The van der Waals surface area contributed by atoms with Crippen molar-refractivity contribution in [1.29, 1.82) is 0 Å². The Balaban J connectivity index is 0.00000241. The zero-order valence-corrected chi connectivity index (χ0v) is 22.6. The summed E-state index contributed by atoms with van der Waals surface area (Å²) in [5.74, 6) is 0. The minimum atomic E-state index is 0. The van der Waals surface area contributed by atoms with Gasteiger partial charge in [0.15, 0.2) is 0 Å². The minimum Gasteiger partial charge on any atom is -0.504 e. The van der Waals surface area contributed by atoms with Crippen LogP contribution in [0, 0.1) is 40.2 Å². The first-order valence-corrected chi connectivity index (χ1v) is 11.3. The monoisotopic (exact) mass is 623 g/mol. The second kappa shape index (κ2) is 8.33. The van der Waals surface area contributed by atoms with Crippen LogP contribution in [0.4, 0.5) is 34.1 Å². The number of nitrogens with zero attached hydrogens (tertiary/aromatic N) is 4. The number of hydrogen-bond donors (Lipinski definition) is 0. The maximum absolute atomic E-state index is 3.71. The first kappa shape index (κ1) is 22.8. The summed E-state index contributed by atoms with van der Waals surface area (Å²) in [7, 11) is 4.22. The molecule has 0 unspecified atom stereocenters. The molecule has 2 aliphatic heterocycles. The molecule has 2 heterocycles. The average Bonchev–Trinajstić information content (AvgIpc) is 3.31. The summed E-state index contributed by atoms with van der Waals surface area (Å²) in [5.41, 5.74) is 10.7. The Labute approximate surface area is 215 Å². The summed E-state index contributed by atoms with van der Waals surface area (Å²) in [5, 5.41) is 2.52. The van der Waals surface area contributed by atoms with Crippen molar-refractivity contribution in [3.05, 3.63) is 96.8 Å². The van der Waals surface area contributed by atoms with E-state index in [1.807, 2.05) is 0 Å². The third-order valence-electron chi connectivity index (χ3n) is 6.80. The quantitative estimate of drug-likeness (QED) is 0.224. The second-order valence-corrected chi connectivity index (χ2v) is 9.20. The molecular weight excluding hydrogens is 595 g/mol. The molecule has 0 N–H and O–H groups in total. The Morgan fingerprint density at radius 3 is 2.03 bits per heavy atom. The van der Waals surface area contributed by atoms with Gasteiger partial charge in [0.25, 0.3) is 0 Å².